The number of carbonyl (C=O) groups excluding carboxylic acids is 6. The van der Waals surface area contributed by atoms with Crippen LogP contribution in [0.15, 0.2) is 71.0 Å². The van der Waals surface area contributed by atoms with E-state index in [0.717, 1.165) is 36.4 Å². The van der Waals surface area contributed by atoms with Gasteiger partial charge in [-0.2, -0.15) is 0 Å². The molecule has 6 atom stereocenters. The van der Waals surface area contributed by atoms with Crippen molar-refractivity contribution in [3.8, 4) is 51.7 Å². The molecule has 0 radical (unpaired) electrons. The number of hydrogen-bond acceptors (Lipinski definition) is 30. The van der Waals surface area contributed by atoms with Gasteiger partial charge in [0.1, 0.15) is 18.3 Å². The summed E-state index contributed by atoms with van der Waals surface area (Å²) in [5.41, 5.74) is -0.834. The summed E-state index contributed by atoms with van der Waals surface area (Å²) in [6.07, 6.45) is -6.84. The normalized spacial score (nSPS) is 21.6. The van der Waals surface area contributed by atoms with Gasteiger partial charge in [0.2, 0.25) is 28.8 Å². The van der Waals surface area contributed by atoms with Crippen molar-refractivity contribution in [3.05, 3.63) is 87.6 Å². The molecule has 6 unspecified atom stereocenters. The van der Waals surface area contributed by atoms with Crippen LogP contribution in [0.4, 0.5) is 0 Å². The Kier molecular flexibility index (Phi) is 22.8. The van der Waals surface area contributed by atoms with E-state index in [9.17, 15) is 79.8 Å². The van der Waals surface area contributed by atoms with Crippen LogP contribution in [0.1, 0.15) is 58.8 Å². The summed E-state index contributed by atoms with van der Waals surface area (Å²) in [5.74, 6) is -18.4. The van der Waals surface area contributed by atoms with Crippen molar-refractivity contribution in [2.45, 2.75) is 75.9 Å². The Morgan fingerprint density at radius 1 is 0.562 bits per heavy atom. The fraction of sp³-hybridized carbons (Fsp3) is 0.348. The van der Waals surface area contributed by atoms with Crippen molar-refractivity contribution >= 4 is 82.3 Å². The number of benzene rings is 3. The van der Waals surface area contributed by atoms with Crippen LogP contribution in [0.5, 0.6) is 51.7 Å². The first-order chi connectivity index (χ1) is 36.7. The largest absolute Gasteiger partial charge is 0.505 e. The van der Waals surface area contributed by atoms with E-state index in [-0.39, 0.29) is 42.1 Å². The molecule has 2 saturated heterocycles. The molecule has 34 heteroatoms. The van der Waals surface area contributed by atoms with Crippen LogP contribution in [0.25, 0.3) is 0 Å². The second-order valence-electron chi connectivity index (χ2n) is 16.9. The number of aromatic hydroxyl groups is 9. The van der Waals surface area contributed by atoms with E-state index in [2.05, 4.69) is 4.74 Å². The van der Waals surface area contributed by atoms with Crippen LogP contribution < -0.4 is 0 Å². The highest BCUT2D eigenvalue weighted by Gasteiger charge is 2.49. The summed E-state index contributed by atoms with van der Waals surface area (Å²) in [7, 11) is 0. The van der Waals surface area contributed by atoms with E-state index >= 15 is 0 Å². The van der Waals surface area contributed by atoms with Crippen molar-refractivity contribution in [2.75, 3.05) is 25.2 Å². The topological polar surface area (TPSA) is 489 Å². The Labute approximate surface area is 469 Å². The van der Waals surface area contributed by atoms with Crippen molar-refractivity contribution in [3.63, 3.8) is 0 Å². The first-order valence-electron chi connectivity index (χ1n) is 21.7. The molecule has 440 valence electrons. The molecule has 15 N–H and O–H groups in total. The molecule has 3 aromatic carbocycles. The number of ether oxygens (including phenoxy) is 9. The Hall–Kier alpha value is -7.78. The zero-order chi connectivity index (χ0) is 59.8. The van der Waals surface area contributed by atoms with Crippen molar-refractivity contribution in [1.29, 1.82) is 0 Å². The van der Waals surface area contributed by atoms with E-state index in [0.29, 0.717) is 0 Å². The Morgan fingerprint density at radius 2 is 0.887 bits per heavy atom. The number of esters is 5. The van der Waals surface area contributed by atoms with Gasteiger partial charge in [0, 0.05) is 5.56 Å². The average Bonchev–Trinajstić information content (AvgIpc) is 4.15. The van der Waals surface area contributed by atoms with E-state index < -0.39 is 182 Å². The first kappa shape index (κ1) is 66.5. The Bertz CT molecular complexity index is 2880. The van der Waals surface area contributed by atoms with Gasteiger partial charge in [-0.25, -0.2) is 24.0 Å². The molecule has 0 amide bonds. The van der Waals surface area contributed by atoms with Crippen LogP contribution in [0, 0.1) is 0 Å². The molecule has 0 aromatic heterocycles. The van der Waals surface area contributed by atoms with Gasteiger partial charge in [-0.05, 0) is 75.7 Å². The van der Waals surface area contributed by atoms with E-state index in [1.54, 1.807) is 27.7 Å². The number of hydrogen-bond donors (Lipinski definition) is 15. The minimum atomic E-state index is -1.65. The molecule has 30 nitrogen and oxygen atoms in total. The highest BCUT2D eigenvalue weighted by atomic mass is 35.5. The van der Waals surface area contributed by atoms with Gasteiger partial charge in [-0.15, -0.1) is 35.6 Å². The van der Waals surface area contributed by atoms with E-state index in [4.69, 9.17) is 98.2 Å². The Balaban J connectivity index is 0.000000285. The summed E-state index contributed by atoms with van der Waals surface area (Å²) >= 11 is 14.6. The average molecular weight is 1220 g/mol. The molecule has 0 spiro atoms. The SMILES string of the molecule is CC1(C)OCC(C2OC(=O)C(O)=C2O)O1.CC1(C)OCC(C2OC(=O)C(O)=C2OC(=O)c2cc(O)c(O)c(O)c2)O1.Cl.ClCCl.O=C(Cl)c1cc(O)c(O)c(O)c1.O=C1OC(C(O)CO)C(OC(=O)c2cc(O)c(O)c(O)c2)=C1O. The third-order valence-corrected chi connectivity index (χ3v) is 10.6. The second kappa shape index (κ2) is 27.4. The lowest BCUT2D eigenvalue weighted by molar-refractivity contribution is -0.163. The van der Waals surface area contributed by atoms with Gasteiger partial charge in [0.05, 0.1) is 36.3 Å². The molecule has 0 aliphatic carbocycles. The molecule has 5 aliphatic heterocycles. The molecule has 5 aliphatic rings. The van der Waals surface area contributed by atoms with Crippen LogP contribution in [-0.2, 0) is 57.0 Å². The highest BCUT2D eigenvalue weighted by Crippen LogP contribution is 2.40. The Morgan fingerprint density at radius 3 is 1.23 bits per heavy atom. The fourth-order valence-corrected chi connectivity index (χ4v) is 6.76. The monoisotopic (exact) mass is 1220 g/mol. The summed E-state index contributed by atoms with van der Waals surface area (Å²) < 4.78 is 45.6. The minimum absolute atomic E-state index is 0. The van der Waals surface area contributed by atoms with Crippen LogP contribution >= 0.6 is 47.2 Å². The lowest BCUT2D eigenvalue weighted by Crippen LogP contribution is -2.34. The zero-order valence-corrected chi connectivity index (χ0v) is 44.2. The van der Waals surface area contributed by atoms with Crippen LogP contribution in [-0.4, -0.2) is 185 Å². The predicted molar refractivity (Wildman–Crippen MR) is 263 cm³/mol. The summed E-state index contributed by atoms with van der Waals surface area (Å²) in [6, 6.07) is 5.16. The predicted octanol–water partition coefficient (Wildman–Crippen LogP) is 3.23. The minimum Gasteiger partial charge on any atom is -0.505 e. The zero-order valence-electron chi connectivity index (χ0n) is 41.1. The smallest absolute Gasteiger partial charge is 0.378 e. The van der Waals surface area contributed by atoms with E-state index in [1.165, 1.54) is 0 Å². The van der Waals surface area contributed by atoms with Crippen molar-refractivity contribution in [2.24, 2.45) is 0 Å². The van der Waals surface area contributed by atoms with Crippen molar-refractivity contribution < 1.29 is 148 Å². The molecule has 3 aromatic rings. The molecule has 0 saturated carbocycles. The number of rotatable bonds is 9. The third kappa shape index (κ3) is 16.2. The molecular weight excluding hydrogens is 1170 g/mol. The number of aliphatic hydroxyl groups excluding tert-OH is 6. The number of phenols is 9. The number of alkyl halides is 2. The number of cyclic esters (lactones) is 3. The number of aliphatic hydroxyl groups is 6. The van der Waals surface area contributed by atoms with Crippen LogP contribution in [0.3, 0.4) is 0 Å². The summed E-state index contributed by atoms with van der Waals surface area (Å²) in [6.45, 7) is 6.09. The molecule has 2 fully saturated rings. The number of phenolic OH excluding ortho intramolecular Hbond substituents is 9. The first-order valence-corrected chi connectivity index (χ1v) is 23.2. The molecule has 80 heavy (non-hydrogen) atoms. The quantitative estimate of drug-likeness (QED) is 0.0481. The summed E-state index contributed by atoms with van der Waals surface area (Å²) in [5, 5.41) is 138. The highest BCUT2D eigenvalue weighted by molar-refractivity contribution is 6.67. The number of carbonyl (C=O) groups is 6. The molecular formula is C46H48Cl4O30. The lowest BCUT2D eigenvalue weighted by Gasteiger charge is -2.21. The van der Waals surface area contributed by atoms with Gasteiger partial charge >= 0.3 is 29.8 Å². The maximum Gasteiger partial charge on any atom is 0.378 e. The maximum atomic E-state index is 12.2. The lowest BCUT2D eigenvalue weighted by atomic mass is 10.1. The fourth-order valence-electron chi connectivity index (χ4n) is 6.65. The van der Waals surface area contributed by atoms with Gasteiger partial charge in [0.15, 0.2) is 87.4 Å². The van der Waals surface area contributed by atoms with Gasteiger partial charge in [0.25, 0.3) is 5.24 Å². The maximum absolute atomic E-state index is 12.2. The van der Waals surface area contributed by atoms with Crippen molar-refractivity contribution in [1.82, 2.24) is 0 Å². The van der Waals surface area contributed by atoms with Gasteiger partial charge < -0.3 is 119 Å². The van der Waals surface area contributed by atoms with Crippen LogP contribution in [0.2, 0.25) is 0 Å². The number of halogens is 4. The van der Waals surface area contributed by atoms with Gasteiger partial charge in [-0.1, -0.05) is 0 Å². The third-order valence-electron chi connectivity index (χ3n) is 10.4. The molecule has 8 rings (SSSR count). The van der Waals surface area contributed by atoms with Gasteiger partial charge in [-0.3, -0.25) is 4.79 Å². The molecule has 5 heterocycles. The van der Waals surface area contributed by atoms with E-state index in [1.807, 2.05) is 0 Å². The standard InChI is InChI=1S/C16H16O10.C13H12O10.C9H12O6.C7H5ClO4.CH2Cl2.ClH/c1-16(2)23-5-9(26-16)12-13(11(20)15(22)24-12)25-14(21)6-3-7(17)10(19)8(18)4-6;14-3-7(17)10-11(9(19)13(21)22-10)23-12(20)4-1-5(15)8(18)6(16)2-4;1-9(2)13-3-4(15-9)7-5(10)6(11)8(12)14-7;8-7(12)3-1-4(9)6(11)5(10)2-3;2-1-3;/h3-4,9,12,17-20H,5H2,1-2H3;1-2,7,10,14-19H,3H2;4,7,10-11H,3H2,1-2H3;1-2,9-11H;1H2;1H. The second-order valence-corrected chi connectivity index (χ2v) is 18.0. The summed E-state index contributed by atoms with van der Waals surface area (Å²) in [4.78, 5) is 68.6. The molecule has 0 bridgehead atoms.